The van der Waals surface area contributed by atoms with E-state index in [4.69, 9.17) is 4.74 Å². The number of aryl methyl sites for hydroxylation is 1. The van der Waals surface area contributed by atoms with Crippen molar-refractivity contribution in [2.45, 2.75) is 18.9 Å². The van der Waals surface area contributed by atoms with Crippen molar-refractivity contribution in [2.24, 2.45) is 0 Å². The summed E-state index contributed by atoms with van der Waals surface area (Å²) in [4.78, 5) is 11.4. The number of methoxy groups -OCH3 is 1. The first kappa shape index (κ1) is 11.1. The number of rotatable bonds is 3. The number of hydrogen-bond donors (Lipinski definition) is 1. The van der Waals surface area contributed by atoms with Gasteiger partial charge in [0.25, 0.3) is 0 Å². The number of halogens is 1. The number of carbonyl (C=O) groups excluding carboxylic acids is 1. The molecule has 1 aliphatic carbocycles. The summed E-state index contributed by atoms with van der Waals surface area (Å²) in [6.45, 7) is 0.0625. The smallest absolute Gasteiger partial charge is 0.246 e. The Hall–Kier alpha value is -1.42. The van der Waals surface area contributed by atoms with Crippen LogP contribution in [-0.4, -0.2) is 19.6 Å². The van der Waals surface area contributed by atoms with E-state index in [0.717, 1.165) is 24.0 Å². The molecule has 16 heavy (non-hydrogen) atoms. The van der Waals surface area contributed by atoms with Crippen LogP contribution in [0.15, 0.2) is 18.2 Å². The molecule has 1 amide bonds. The van der Waals surface area contributed by atoms with Crippen LogP contribution >= 0.6 is 0 Å². The van der Waals surface area contributed by atoms with Crippen molar-refractivity contribution < 1.29 is 13.9 Å². The van der Waals surface area contributed by atoms with E-state index in [1.165, 1.54) is 19.2 Å². The first-order chi connectivity index (χ1) is 7.70. The van der Waals surface area contributed by atoms with Gasteiger partial charge in [-0.2, -0.15) is 0 Å². The Morgan fingerprint density at radius 3 is 3.19 bits per heavy atom. The minimum absolute atomic E-state index is 0.00162. The number of benzene rings is 1. The van der Waals surface area contributed by atoms with Crippen molar-refractivity contribution in [1.82, 2.24) is 5.32 Å². The lowest BCUT2D eigenvalue weighted by atomic mass is 10.1. The fourth-order valence-electron chi connectivity index (χ4n) is 2.10. The molecule has 0 aliphatic heterocycles. The number of carbonyl (C=O) groups is 1. The van der Waals surface area contributed by atoms with E-state index >= 15 is 0 Å². The molecule has 0 saturated carbocycles. The highest BCUT2D eigenvalue weighted by molar-refractivity contribution is 5.77. The highest BCUT2D eigenvalue weighted by Gasteiger charge is 2.23. The molecule has 1 atom stereocenters. The summed E-state index contributed by atoms with van der Waals surface area (Å²) >= 11 is 0. The second kappa shape index (κ2) is 4.61. The molecule has 0 heterocycles. The van der Waals surface area contributed by atoms with Crippen LogP contribution in [-0.2, 0) is 16.0 Å². The molecule has 0 fully saturated rings. The highest BCUT2D eigenvalue weighted by Crippen LogP contribution is 2.31. The molecule has 1 N–H and O–H groups in total. The Labute approximate surface area is 93.6 Å². The van der Waals surface area contributed by atoms with Crippen molar-refractivity contribution >= 4 is 5.91 Å². The number of ether oxygens (including phenoxy) is 1. The summed E-state index contributed by atoms with van der Waals surface area (Å²) < 4.78 is 17.7. The Morgan fingerprint density at radius 2 is 2.44 bits per heavy atom. The third-order valence-electron chi connectivity index (χ3n) is 2.79. The molecule has 0 spiro atoms. The zero-order chi connectivity index (χ0) is 11.5. The maximum atomic E-state index is 13.0. The van der Waals surface area contributed by atoms with Gasteiger partial charge in [0.1, 0.15) is 12.4 Å². The largest absolute Gasteiger partial charge is 0.375 e. The molecule has 0 bridgehead atoms. The Bertz CT molecular complexity index is 406. The van der Waals surface area contributed by atoms with Gasteiger partial charge in [-0.3, -0.25) is 4.79 Å². The third kappa shape index (κ3) is 2.22. The summed E-state index contributed by atoms with van der Waals surface area (Å²) in [7, 11) is 1.48. The van der Waals surface area contributed by atoms with Crippen molar-refractivity contribution in [3.8, 4) is 0 Å². The molecule has 0 saturated heterocycles. The van der Waals surface area contributed by atoms with Gasteiger partial charge >= 0.3 is 0 Å². The number of fused-ring (bicyclic) bond motifs is 1. The topological polar surface area (TPSA) is 38.3 Å². The van der Waals surface area contributed by atoms with Gasteiger partial charge < -0.3 is 10.1 Å². The standard InChI is InChI=1S/C12H14FNO2/c1-16-7-12(15)14-11-5-2-8-6-9(13)3-4-10(8)11/h3-4,6,11H,2,5,7H2,1H3,(H,14,15). The van der Waals surface area contributed by atoms with Crippen molar-refractivity contribution in [1.29, 1.82) is 0 Å². The van der Waals surface area contributed by atoms with Crippen LogP contribution in [0, 0.1) is 5.82 Å². The van der Waals surface area contributed by atoms with E-state index in [9.17, 15) is 9.18 Å². The molecule has 2 rings (SSSR count). The van der Waals surface area contributed by atoms with Gasteiger partial charge in [0.15, 0.2) is 0 Å². The monoisotopic (exact) mass is 223 g/mol. The minimum atomic E-state index is -0.220. The molecular formula is C12H14FNO2. The van der Waals surface area contributed by atoms with Gasteiger partial charge in [0, 0.05) is 7.11 Å². The van der Waals surface area contributed by atoms with E-state index in [1.54, 1.807) is 6.07 Å². The van der Waals surface area contributed by atoms with Crippen LogP contribution in [0.3, 0.4) is 0 Å². The van der Waals surface area contributed by atoms with Crippen LogP contribution in [0.1, 0.15) is 23.6 Å². The normalized spacial score (nSPS) is 18.2. The quantitative estimate of drug-likeness (QED) is 0.844. The molecule has 86 valence electrons. The second-order valence-corrected chi connectivity index (χ2v) is 3.93. The van der Waals surface area contributed by atoms with E-state index < -0.39 is 0 Å². The molecule has 1 aromatic carbocycles. The number of nitrogens with one attached hydrogen (secondary N) is 1. The van der Waals surface area contributed by atoms with Gasteiger partial charge in [-0.05, 0) is 36.1 Å². The van der Waals surface area contributed by atoms with Crippen LogP contribution < -0.4 is 5.32 Å². The molecule has 0 radical (unpaired) electrons. The zero-order valence-electron chi connectivity index (χ0n) is 9.13. The van der Waals surface area contributed by atoms with Crippen LogP contribution in [0.5, 0.6) is 0 Å². The molecule has 0 aromatic heterocycles. The van der Waals surface area contributed by atoms with Gasteiger partial charge in [0.2, 0.25) is 5.91 Å². The number of amides is 1. The second-order valence-electron chi connectivity index (χ2n) is 3.93. The van der Waals surface area contributed by atoms with Crippen LogP contribution in [0.25, 0.3) is 0 Å². The molecular weight excluding hydrogens is 209 g/mol. The SMILES string of the molecule is COCC(=O)NC1CCc2cc(F)ccc21. The fourth-order valence-corrected chi connectivity index (χ4v) is 2.10. The summed E-state index contributed by atoms with van der Waals surface area (Å²) in [5.41, 5.74) is 2.01. The summed E-state index contributed by atoms with van der Waals surface area (Å²) in [6, 6.07) is 4.71. The van der Waals surface area contributed by atoms with Crippen molar-refractivity contribution in [3.05, 3.63) is 35.1 Å². The first-order valence-corrected chi connectivity index (χ1v) is 5.27. The lowest BCUT2D eigenvalue weighted by Crippen LogP contribution is -2.30. The summed E-state index contributed by atoms with van der Waals surface area (Å²) in [6.07, 6.45) is 1.64. The fraction of sp³-hybridized carbons (Fsp3) is 0.417. The molecule has 1 aromatic rings. The summed E-state index contributed by atoms with van der Waals surface area (Å²) in [5.74, 6) is -0.354. The molecule has 1 aliphatic rings. The average molecular weight is 223 g/mol. The van der Waals surface area contributed by atoms with Crippen LogP contribution in [0.4, 0.5) is 4.39 Å². The Balaban J connectivity index is 2.09. The van der Waals surface area contributed by atoms with Gasteiger partial charge in [-0.15, -0.1) is 0 Å². The van der Waals surface area contributed by atoms with Crippen molar-refractivity contribution in [3.63, 3.8) is 0 Å². The third-order valence-corrected chi connectivity index (χ3v) is 2.79. The Morgan fingerprint density at radius 1 is 1.62 bits per heavy atom. The van der Waals surface area contributed by atoms with E-state index in [1.807, 2.05) is 0 Å². The van der Waals surface area contributed by atoms with E-state index in [-0.39, 0.29) is 24.4 Å². The lowest BCUT2D eigenvalue weighted by Gasteiger charge is -2.13. The van der Waals surface area contributed by atoms with Crippen molar-refractivity contribution in [2.75, 3.05) is 13.7 Å². The molecule has 4 heteroatoms. The maximum Gasteiger partial charge on any atom is 0.246 e. The van der Waals surface area contributed by atoms with Gasteiger partial charge in [-0.1, -0.05) is 6.07 Å². The number of hydrogen-bond acceptors (Lipinski definition) is 2. The molecule has 3 nitrogen and oxygen atoms in total. The predicted octanol–water partition coefficient (Wildman–Crippen LogP) is 1.58. The zero-order valence-corrected chi connectivity index (χ0v) is 9.13. The van der Waals surface area contributed by atoms with Gasteiger partial charge in [-0.25, -0.2) is 4.39 Å². The van der Waals surface area contributed by atoms with Crippen LogP contribution in [0.2, 0.25) is 0 Å². The summed E-state index contributed by atoms with van der Waals surface area (Å²) in [5, 5.41) is 2.87. The molecule has 1 unspecified atom stereocenters. The van der Waals surface area contributed by atoms with E-state index in [2.05, 4.69) is 5.32 Å². The average Bonchev–Trinajstić information content (AvgIpc) is 2.61. The lowest BCUT2D eigenvalue weighted by molar-refractivity contribution is -0.125. The minimum Gasteiger partial charge on any atom is -0.375 e. The first-order valence-electron chi connectivity index (χ1n) is 5.27. The maximum absolute atomic E-state index is 13.0. The van der Waals surface area contributed by atoms with E-state index in [0.29, 0.717) is 0 Å². The van der Waals surface area contributed by atoms with Gasteiger partial charge in [0.05, 0.1) is 6.04 Å². The highest BCUT2D eigenvalue weighted by atomic mass is 19.1. The predicted molar refractivity (Wildman–Crippen MR) is 57.5 cm³/mol. The Kier molecular flexibility index (Phi) is 3.19.